The first-order chi connectivity index (χ1) is 15.7. The van der Waals surface area contributed by atoms with Crippen LogP contribution in [0.1, 0.15) is 54.9 Å². The van der Waals surface area contributed by atoms with E-state index in [4.69, 9.17) is 10.7 Å². The van der Waals surface area contributed by atoms with Crippen molar-refractivity contribution >= 4 is 16.8 Å². The van der Waals surface area contributed by atoms with Gasteiger partial charge >= 0.3 is 0 Å². The Morgan fingerprint density at radius 1 is 1.06 bits per heavy atom. The molecule has 2 aromatic carbocycles. The van der Waals surface area contributed by atoms with Gasteiger partial charge in [-0.3, -0.25) is 4.79 Å². The summed E-state index contributed by atoms with van der Waals surface area (Å²) in [6.07, 6.45) is 6.21. The zero-order valence-corrected chi connectivity index (χ0v) is 18.9. The van der Waals surface area contributed by atoms with Crippen LogP contribution in [0.3, 0.4) is 0 Å². The lowest BCUT2D eigenvalue weighted by Crippen LogP contribution is -2.39. The van der Waals surface area contributed by atoms with Crippen LogP contribution in [-0.4, -0.2) is 30.0 Å². The molecule has 32 heavy (non-hydrogen) atoms. The number of pyridine rings is 1. The van der Waals surface area contributed by atoms with E-state index in [1.54, 1.807) is 0 Å². The summed E-state index contributed by atoms with van der Waals surface area (Å²) in [6, 6.07) is 18.2. The van der Waals surface area contributed by atoms with E-state index in [2.05, 4.69) is 29.7 Å². The Morgan fingerprint density at radius 2 is 1.78 bits per heavy atom. The monoisotopic (exact) mass is 430 g/mol. The number of rotatable bonds is 8. The number of carbonyl (C=O) groups is 1. The number of aromatic nitrogens is 1. The van der Waals surface area contributed by atoms with E-state index in [0.717, 1.165) is 33.3 Å². The average molecular weight is 431 g/mol. The quantitative estimate of drug-likeness (QED) is 0.455. The van der Waals surface area contributed by atoms with Crippen molar-refractivity contribution in [3.8, 4) is 11.3 Å². The van der Waals surface area contributed by atoms with Crippen LogP contribution in [0, 0.1) is 5.92 Å². The summed E-state index contributed by atoms with van der Waals surface area (Å²) in [4.78, 5) is 18.7. The molecule has 5 heteroatoms. The molecule has 1 aliphatic carbocycles. The van der Waals surface area contributed by atoms with Gasteiger partial charge in [-0.05, 0) is 31.7 Å². The number of hydrogen-bond acceptors (Lipinski definition) is 4. The van der Waals surface area contributed by atoms with Crippen LogP contribution in [0.2, 0.25) is 0 Å². The number of fused-ring (bicyclic) bond motifs is 1. The van der Waals surface area contributed by atoms with Crippen LogP contribution in [-0.2, 0) is 6.54 Å². The molecule has 0 bridgehead atoms. The highest BCUT2D eigenvalue weighted by molar-refractivity contribution is 6.09. The summed E-state index contributed by atoms with van der Waals surface area (Å²) in [5, 5.41) is 7.64. The zero-order valence-electron chi connectivity index (χ0n) is 18.9. The number of nitrogens with two attached hydrogens (primary N) is 1. The lowest BCUT2D eigenvalue weighted by Gasteiger charge is -2.29. The van der Waals surface area contributed by atoms with Crippen molar-refractivity contribution < 1.29 is 4.79 Å². The minimum absolute atomic E-state index is 0.0107. The molecular formula is C27H34N4O. The highest BCUT2D eigenvalue weighted by Gasteiger charge is 2.25. The number of nitrogens with one attached hydrogen (secondary N) is 2. The van der Waals surface area contributed by atoms with Crippen LogP contribution in [0.5, 0.6) is 0 Å². The first-order valence-corrected chi connectivity index (χ1v) is 11.9. The molecule has 0 radical (unpaired) electrons. The zero-order chi connectivity index (χ0) is 22.3. The van der Waals surface area contributed by atoms with E-state index >= 15 is 0 Å². The van der Waals surface area contributed by atoms with Crippen LogP contribution in [0.15, 0.2) is 54.6 Å². The predicted molar refractivity (Wildman–Crippen MR) is 131 cm³/mol. The normalized spacial score (nSPS) is 15.6. The number of hydrogen-bond donors (Lipinski definition) is 3. The number of amides is 1. The van der Waals surface area contributed by atoms with Gasteiger partial charge in [-0.25, -0.2) is 4.98 Å². The molecule has 1 aliphatic rings. The molecule has 5 nitrogen and oxygen atoms in total. The van der Waals surface area contributed by atoms with Gasteiger partial charge < -0.3 is 16.4 Å². The first kappa shape index (κ1) is 22.4. The smallest absolute Gasteiger partial charge is 0.252 e. The molecule has 4 rings (SSSR count). The van der Waals surface area contributed by atoms with Crippen molar-refractivity contribution in [2.24, 2.45) is 11.7 Å². The third-order valence-electron chi connectivity index (χ3n) is 6.61. The van der Waals surface area contributed by atoms with Crippen molar-refractivity contribution in [2.75, 3.05) is 13.1 Å². The summed E-state index contributed by atoms with van der Waals surface area (Å²) >= 11 is 0. The summed E-state index contributed by atoms with van der Waals surface area (Å²) < 4.78 is 0. The minimum Gasteiger partial charge on any atom is -0.349 e. The van der Waals surface area contributed by atoms with Crippen molar-refractivity contribution in [1.29, 1.82) is 0 Å². The van der Waals surface area contributed by atoms with Gasteiger partial charge in [-0.1, -0.05) is 67.8 Å². The van der Waals surface area contributed by atoms with Gasteiger partial charge in [0, 0.05) is 42.2 Å². The largest absolute Gasteiger partial charge is 0.349 e. The highest BCUT2D eigenvalue weighted by atomic mass is 16.1. The molecule has 168 valence electrons. The SMILES string of the molecule is C[C@@H](NC(=O)c1c(CNCCN)c(-c2ccccc2)nc2ccccc12)C1CCCCC1. The summed E-state index contributed by atoms with van der Waals surface area (Å²) in [6.45, 7) is 3.92. The molecule has 1 atom stereocenters. The third kappa shape index (κ3) is 5.00. The van der Waals surface area contributed by atoms with Crippen LogP contribution in [0.25, 0.3) is 22.2 Å². The number of para-hydroxylation sites is 1. The maximum Gasteiger partial charge on any atom is 0.252 e. The van der Waals surface area contributed by atoms with Gasteiger partial charge in [0.2, 0.25) is 0 Å². The van der Waals surface area contributed by atoms with Gasteiger partial charge in [0.05, 0.1) is 16.8 Å². The molecule has 0 aliphatic heterocycles. The Kier molecular flexibility index (Phi) is 7.51. The van der Waals surface area contributed by atoms with E-state index in [-0.39, 0.29) is 11.9 Å². The molecule has 0 saturated heterocycles. The number of carbonyl (C=O) groups excluding carboxylic acids is 1. The summed E-state index contributed by atoms with van der Waals surface area (Å²) in [5.41, 5.74) is 10.1. The minimum atomic E-state index is -0.0107. The fourth-order valence-corrected chi connectivity index (χ4v) is 4.86. The maximum atomic E-state index is 13.8. The van der Waals surface area contributed by atoms with E-state index in [1.807, 2.05) is 42.5 Å². The van der Waals surface area contributed by atoms with E-state index in [9.17, 15) is 4.79 Å². The van der Waals surface area contributed by atoms with Crippen LogP contribution >= 0.6 is 0 Å². The summed E-state index contributed by atoms with van der Waals surface area (Å²) in [5.74, 6) is 0.539. The van der Waals surface area contributed by atoms with E-state index in [1.165, 1.54) is 32.1 Å². The Labute approximate surface area is 190 Å². The molecule has 1 aromatic heterocycles. The second-order valence-corrected chi connectivity index (χ2v) is 8.82. The van der Waals surface area contributed by atoms with Gasteiger partial charge in [0.15, 0.2) is 0 Å². The van der Waals surface area contributed by atoms with Crippen molar-refractivity contribution in [1.82, 2.24) is 15.6 Å². The first-order valence-electron chi connectivity index (χ1n) is 11.9. The van der Waals surface area contributed by atoms with Gasteiger partial charge in [-0.2, -0.15) is 0 Å². The lowest BCUT2D eigenvalue weighted by molar-refractivity contribution is 0.0920. The van der Waals surface area contributed by atoms with Crippen LogP contribution in [0.4, 0.5) is 0 Å². The van der Waals surface area contributed by atoms with Gasteiger partial charge in [0.1, 0.15) is 0 Å². The van der Waals surface area contributed by atoms with Crippen molar-refractivity contribution in [3.63, 3.8) is 0 Å². The number of nitrogens with zero attached hydrogens (tertiary/aromatic N) is 1. The molecular weight excluding hydrogens is 396 g/mol. The molecule has 4 N–H and O–H groups in total. The van der Waals surface area contributed by atoms with E-state index < -0.39 is 0 Å². The molecule has 1 amide bonds. The topological polar surface area (TPSA) is 80.0 Å². The lowest BCUT2D eigenvalue weighted by atomic mass is 9.84. The molecule has 1 saturated carbocycles. The van der Waals surface area contributed by atoms with Crippen LogP contribution < -0.4 is 16.4 Å². The predicted octanol–water partition coefficient (Wildman–Crippen LogP) is 4.65. The Hall–Kier alpha value is -2.76. The van der Waals surface area contributed by atoms with Gasteiger partial charge in [0.25, 0.3) is 5.91 Å². The standard InChI is InChI=1S/C27H34N4O/c1-19(20-10-4-2-5-11-20)30-27(32)25-22-14-8-9-15-24(22)31-26(21-12-6-3-7-13-21)23(25)18-29-17-16-28/h3,6-9,12-15,19-20,29H,2,4-5,10-11,16-18,28H2,1H3,(H,30,32)/t19-/m1/s1. The maximum absolute atomic E-state index is 13.8. The second-order valence-electron chi connectivity index (χ2n) is 8.82. The molecule has 1 heterocycles. The highest BCUT2D eigenvalue weighted by Crippen LogP contribution is 2.31. The Morgan fingerprint density at radius 3 is 2.53 bits per heavy atom. The summed E-state index contributed by atoms with van der Waals surface area (Å²) in [7, 11) is 0. The molecule has 1 fully saturated rings. The van der Waals surface area contributed by atoms with Crippen molar-refractivity contribution in [2.45, 2.75) is 51.6 Å². The molecule has 3 aromatic rings. The average Bonchev–Trinajstić information content (AvgIpc) is 2.84. The van der Waals surface area contributed by atoms with Crippen molar-refractivity contribution in [3.05, 3.63) is 65.7 Å². The molecule has 0 unspecified atom stereocenters. The van der Waals surface area contributed by atoms with Gasteiger partial charge in [-0.15, -0.1) is 0 Å². The third-order valence-corrected chi connectivity index (χ3v) is 6.61. The Balaban J connectivity index is 1.79. The fourth-order valence-electron chi connectivity index (χ4n) is 4.86. The molecule has 0 spiro atoms. The Bertz CT molecular complexity index is 1040. The van der Waals surface area contributed by atoms with E-state index in [0.29, 0.717) is 25.6 Å². The fraction of sp³-hybridized carbons (Fsp3) is 0.407. The number of benzene rings is 2. The second kappa shape index (κ2) is 10.7.